The summed E-state index contributed by atoms with van der Waals surface area (Å²) in [6.45, 7) is 2.16. The van der Waals surface area contributed by atoms with Crippen LogP contribution in [0.15, 0.2) is 47.4 Å². The van der Waals surface area contributed by atoms with Crippen LogP contribution in [-0.2, 0) is 6.42 Å². The van der Waals surface area contributed by atoms with Gasteiger partial charge in [0.25, 0.3) is 0 Å². The van der Waals surface area contributed by atoms with Crippen molar-refractivity contribution in [1.29, 1.82) is 0 Å². The number of nitrogens with zero attached hydrogens (tertiary/aromatic N) is 1. The maximum Gasteiger partial charge on any atom is 0.132 e. The van der Waals surface area contributed by atoms with Crippen LogP contribution in [0.2, 0.25) is 0 Å². The smallest absolute Gasteiger partial charge is 0.132 e. The third-order valence-corrected chi connectivity index (χ3v) is 5.24. The first-order valence-electron chi connectivity index (χ1n) is 7.71. The van der Waals surface area contributed by atoms with E-state index in [0.29, 0.717) is 5.92 Å². The normalized spacial score (nSPS) is 18.6. The van der Waals surface area contributed by atoms with Gasteiger partial charge in [-0.2, -0.15) is 0 Å². The van der Waals surface area contributed by atoms with Gasteiger partial charge in [0.15, 0.2) is 0 Å². The fraction of sp³-hybridized carbons (Fsp3) is 0.368. The quantitative estimate of drug-likeness (QED) is 0.794. The lowest BCUT2D eigenvalue weighted by Crippen LogP contribution is -2.24. The number of thioether (sulfide) groups is 1. The van der Waals surface area contributed by atoms with Gasteiger partial charge in [0, 0.05) is 23.9 Å². The Morgan fingerprint density at radius 1 is 1.18 bits per heavy atom. The second kappa shape index (κ2) is 6.76. The molecule has 1 unspecified atom stereocenters. The van der Waals surface area contributed by atoms with E-state index in [1.807, 2.05) is 0 Å². The van der Waals surface area contributed by atoms with Gasteiger partial charge < -0.3 is 9.64 Å². The number of ether oxygens (including phenoxy) is 1. The van der Waals surface area contributed by atoms with E-state index in [4.69, 9.17) is 4.74 Å². The van der Waals surface area contributed by atoms with Crippen LogP contribution < -0.4 is 4.74 Å². The molecule has 0 aromatic heterocycles. The first-order chi connectivity index (χ1) is 10.7. The van der Waals surface area contributed by atoms with Crippen molar-refractivity contribution in [3.63, 3.8) is 0 Å². The number of rotatable bonds is 3. The minimum absolute atomic E-state index is 0.411. The average Bonchev–Trinajstić information content (AvgIpc) is 2.73. The molecule has 0 radical (unpaired) electrons. The Bertz CT molecular complexity index is 641. The van der Waals surface area contributed by atoms with Crippen LogP contribution in [-0.4, -0.2) is 38.4 Å². The number of methoxy groups -OCH3 is 1. The molecular weight excluding hydrogens is 290 g/mol. The molecule has 2 nitrogen and oxygen atoms in total. The van der Waals surface area contributed by atoms with Gasteiger partial charge in [0.2, 0.25) is 0 Å². The van der Waals surface area contributed by atoms with E-state index in [0.717, 1.165) is 25.3 Å². The molecule has 0 amide bonds. The summed E-state index contributed by atoms with van der Waals surface area (Å²) in [6.07, 6.45) is 3.22. The molecule has 0 fully saturated rings. The molecule has 22 heavy (non-hydrogen) atoms. The van der Waals surface area contributed by atoms with E-state index >= 15 is 0 Å². The minimum Gasteiger partial charge on any atom is -0.496 e. The maximum atomic E-state index is 5.62. The molecule has 1 atom stereocenters. The Hall–Kier alpha value is -1.45. The first kappa shape index (κ1) is 15.4. The van der Waals surface area contributed by atoms with Crippen molar-refractivity contribution in [3.8, 4) is 5.75 Å². The molecule has 1 aliphatic heterocycles. The third-order valence-electron chi connectivity index (χ3n) is 4.48. The van der Waals surface area contributed by atoms with Crippen LogP contribution >= 0.6 is 11.8 Å². The molecule has 3 heteroatoms. The Morgan fingerprint density at radius 3 is 2.64 bits per heavy atom. The average molecular weight is 313 g/mol. The summed E-state index contributed by atoms with van der Waals surface area (Å²) in [6, 6.07) is 15.4. The lowest BCUT2D eigenvalue weighted by atomic mass is 9.88. The zero-order valence-electron chi connectivity index (χ0n) is 13.5. The third kappa shape index (κ3) is 3.01. The van der Waals surface area contributed by atoms with Crippen LogP contribution in [0.4, 0.5) is 0 Å². The molecule has 1 aliphatic rings. The standard InChI is InChI=1S/C19H23NOS/c1-20-10-9-15-11-19(22-3)18(21-2)12-16(15)17(13-20)14-7-5-4-6-8-14/h4-8,11-12,17H,9-10,13H2,1-3H3. The van der Waals surface area contributed by atoms with Gasteiger partial charge in [-0.15, -0.1) is 11.8 Å². The van der Waals surface area contributed by atoms with Crippen molar-refractivity contribution >= 4 is 11.8 Å². The second-order valence-electron chi connectivity index (χ2n) is 5.88. The summed E-state index contributed by atoms with van der Waals surface area (Å²) in [7, 11) is 3.98. The summed E-state index contributed by atoms with van der Waals surface area (Å²) in [5.41, 5.74) is 4.27. The van der Waals surface area contributed by atoms with Gasteiger partial charge in [0.05, 0.1) is 7.11 Å². The highest BCUT2D eigenvalue weighted by Crippen LogP contribution is 2.38. The number of fused-ring (bicyclic) bond motifs is 1. The van der Waals surface area contributed by atoms with Crippen LogP contribution in [0.5, 0.6) is 5.75 Å². The SMILES string of the molecule is COc1cc2c(cc1SC)CCN(C)CC2c1ccccc1. The molecule has 3 rings (SSSR count). The van der Waals surface area contributed by atoms with E-state index < -0.39 is 0 Å². The molecule has 2 aromatic carbocycles. The largest absolute Gasteiger partial charge is 0.496 e. The van der Waals surface area contributed by atoms with Gasteiger partial charge in [0.1, 0.15) is 5.75 Å². The van der Waals surface area contributed by atoms with Crippen molar-refractivity contribution < 1.29 is 4.74 Å². The molecule has 0 bridgehead atoms. The van der Waals surface area contributed by atoms with E-state index in [1.54, 1.807) is 18.9 Å². The molecule has 116 valence electrons. The lowest BCUT2D eigenvalue weighted by Gasteiger charge is -2.23. The number of benzene rings is 2. The van der Waals surface area contributed by atoms with Crippen LogP contribution in [0.3, 0.4) is 0 Å². The predicted octanol–water partition coefficient (Wildman–Crippen LogP) is 4.04. The zero-order chi connectivity index (χ0) is 15.5. The Kier molecular flexibility index (Phi) is 4.74. The fourth-order valence-corrected chi connectivity index (χ4v) is 3.86. The van der Waals surface area contributed by atoms with Gasteiger partial charge >= 0.3 is 0 Å². The molecule has 1 heterocycles. The number of hydrogen-bond acceptors (Lipinski definition) is 3. The molecule has 2 aromatic rings. The minimum atomic E-state index is 0.411. The summed E-state index contributed by atoms with van der Waals surface area (Å²) in [5.74, 6) is 1.41. The van der Waals surface area contributed by atoms with Crippen molar-refractivity contribution in [3.05, 3.63) is 59.2 Å². The van der Waals surface area contributed by atoms with E-state index in [2.05, 4.69) is 60.7 Å². The van der Waals surface area contributed by atoms with Crippen LogP contribution in [0.1, 0.15) is 22.6 Å². The van der Waals surface area contributed by atoms with Gasteiger partial charge in [-0.3, -0.25) is 0 Å². The van der Waals surface area contributed by atoms with E-state index in [1.165, 1.54) is 21.6 Å². The highest BCUT2D eigenvalue weighted by atomic mass is 32.2. The Balaban J connectivity index is 2.12. The molecule has 0 saturated heterocycles. The van der Waals surface area contributed by atoms with Gasteiger partial charge in [-0.1, -0.05) is 30.3 Å². The zero-order valence-corrected chi connectivity index (χ0v) is 14.3. The highest BCUT2D eigenvalue weighted by Gasteiger charge is 2.24. The van der Waals surface area contributed by atoms with Crippen LogP contribution in [0.25, 0.3) is 0 Å². The summed E-state index contributed by atoms with van der Waals surface area (Å²) >= 11 is 1.76. The molecule has 0 saturated carbocycles. The topological polar surface area (TPSA) is 12.5 Å². The molecule has 0 spiro atoms. The number of hydrogen-bond donors (Lipinski definition) is 0. The number of likely N-dealkylation sites (N-methyl/N-ethyl adjacent to an activating group) is 1. The van der Waals surface area contributed by atoms with Gasteiger partial charge in [-0.05, 0) is 48.5 Å². The summed E-state index contributed by atoms with van der Waals surface area (Å²) in [4.78, 5) is 3.67. The fourth-order valence-electron chi connectivity index (χ4n) is 3.26. The molecule has 0 aliphatic carbocycles. The predicted molar refractivity (Wildman–Crippen MR) is 94.3 cm³/mol. The molecule has 0 N–H and O–H groups in total. The molecular formula is C19H23NOS. The van der Waals surface area contributed by atoms with Crippen molar-refractivity contribution in [2.24, 2.45) is 0 Å². The second-order valence-corrected chi connectivity index (χ2v) is 6.73. The summed E-state index contributed by atoms with van der Waals surface area (Å²) < 4.78 is 5.62. The maximum absolute atomic E-state index is 5.62. The van der Waals surface area contributed by atoms with Crippen LogP contribution in [0, 0.1) is 0 Å². The van der Waals surface area contributed by atoms with E-state index in [-0.39, 0.29) is 0 Å². The highest BCUT2D eigenvalue weighted by molar-refractivity contribution is 7.98. The van der Waals surface area contributed by atoms with Gasteiger partial charge in [-0.25, -0.2) is 0 Å². The first-order valence-corrected chi connectivity index (χ1v) is 8.93. The van der Waals surface area contributed by atoms with Crippen molar-refractivity contribution in [1.82, 2.24) is 4.90 Å². The lowest BCUT2D eigenvalue weighted by molar-refractivity contribution is 0.338. The van der Waals surface area contributed by atoms with Crippen molar-refractivity contribution in [2.75, 3.05) is 33.5 Å². The van der Waals surface area contributed by atoms with E-state index in [9.17, 15) is 0 Å². The Labute approximate surface area is 137 Å². The monoisotopic (exact) mass is 313 g/mol. The Morgan fingerprint density at radius 2 is 1.95 bits per heavy atom. The van der Waals surface area contributed by atoms with Crippen molar-refractivity contribution in [2.45, 2.75) is 17.2 Å². The summed E-state index contributed by atoms with van der Waals surface area (Å²) in [5, 5.41) is 0.